The van der Waals surface area contributed by atoms with Crippen molar-refractivity contribution < 1.29 is 38.4 Å². The zero-order valence-corrected chi connectivity index (χ0v) is 39.1. The van der Waals surface area contributed by atoms with Crippen molar-refractivity contribution in [1.82, 2.24) is 34.9 Å². The Morgan fingerprint density at radius 2 is 1.10 bits per heavy atom. The number of hydrogen-bond acceptors (Lipinski definition) is 12. The molecule has 1 aliphatic carbocycles. The van der Waals surface area contributed by atoms with E-state index in [4.69, 9.17) is 11.5 Å². The third-order valence-electron chi connectivity index (χ3n) is 11.5. The second-order valence-electron chi connectivity index (χ2n) is 17.3. The standard InChI is InChI=1S/C24H30N6O4.C24H28N6O4/c2*1-15-4-9-20(16-5-7-18(8-6-16)27-13-21(31)29(2)3)30(14-15)24(34)23(33)28-19-10-17(22(25)32)11-26-12-19/h5-8,10-12,15,20,27H,4,9,13-14H2,1-3H3,(H2,25,32)(H,28,33);5,7-8,10-12,15,20,27H,4,9,13-14H2,1-3H3,(H2-,25,28,32,33)/p+1/t2*15-,20+/m01/s1. The number of nitrogens with zero attached hydrogens (tertiary/aromatic N) is 6. The molecule has 20 heteroatoms. The molecule has 68 heavy (non-hydrogen) atoms. The van der Waals surface area contributed by atoms with Crippen LogP contribution in [0.15, 0.2) is 90.7 Å². The summed E-state index contributed by atoms with van der Waals surface area (Å²) in [6.45, 7) is 5.31. The molecule has 2 aliphatic heterocycles. The Balaban J connectivity index is 0.000000254. The lowest BCUT2D eigenvalue weighted by Crippen LogP contribution is -2.51. The van der Waals surface area contributed by atoms with Gasteiger partial charge in [-0.15, -0.1) is 0 Å². The summed E-state index contributed by atoms with van der Waals surface area (Å²) >= 11 is 0. The van der Waals surface area contributed by atoms with Crippen molar-refractivity contribution in [1.29, 1.82) is 0 Å². The van der Waals surface area contributed by atoms with Crippen molar-refractivity contribution in [2.45, 2.75) is 51.6 Å². The highest BCUT2D eigenvalue weighted by molar-refractivity contribution is 6.40. The van der Waals surface area contributed by atoms with Crippen LogP contribution < -0.4 is 32.7 Å². The molecular formula is C48H59N12O8+. The number of likely N-dealkylation sites (N-methyl/N-ethyl adjacent to an activating group) is 2. The van der Waals surface area contributed by atoms with E-state index in [2.05, 4.69) is 37.3 Å². The molecule has 0 spiro atoms. The van der Waals surface area contributed by atoms with E-state index in [0.29, 0.717) is 19.5 Å². The Morgan fingerprint density at radius 1 is 0.632 bits per heavy atom. The number of amides is 8. The highest BCUT2D eigenvalue weighted by atomic mass is 16.2. The third kappa shape index (κ3) is 14.0. The topological polar surface area (TPSA) is 275 Å². The number of aromatic nitrogens is 2. The van der Waals surface area contributed by atoms with E-state index in [9.17, 15) is 38.4 Å². The van der Waals surface area contributed by atoms with Crippen molar-refractivity contribution in [2.24, 2.45) is 23.3 Å². The molecule has 20 nitrogen and oxygen atoms in total. The van der Waals surface area contributed by atoms with Gasteiger partial charge < -0.3 is 52.3 Å². The number of anilines is 3. The van der Waals surface area contributed by atoms with Crippen LogP contribution in [-0.4, -0.2) is 137 Å². The van der Waals surface area contributed by atoms with Gasteiger partial charge in [-0.05, 0) is 67.3 Å². The van der Waals surface area contributed by atoms with Crippen molar-refractivity contribution >= 4 is 64.3 Å². The van der Waals surface area contributed by atoms with Crippen LogP contribution >= 0.6 is 0 Å². The van der Waals surface area contributed by atoms with Crippen LogP contribution in [0.2, 0.25) is 0 Å². The SMILES string of the molecule is C[C@@H]1CC[C@@H](C2=[C+]C=C(NCC(=O)N(C)C)C=C2)N(C(=O)C(=O)Nc2cncc(C(N)=O)c2)C1.C[C@H]1CC[C@H](c2ccc(NCC(=O)N(C)C)cc2)N(C(=O)C(=O)Nc2cncc(C(N)=O)c2)C1. The van der Waals surface area contributed by atoms with Gasteiger partial charge in [-0.25, -0.2) is 0 Å². The summed E-state index contributed by atoms with van der Waals surface area (Å²) in [5.41, 5.74) is 14.4. The maximum Gasteiger partial charge on any atom is 0.313 e. The Kier molecular flexibility index (Phi) is 17.6. The number of nitrogens with one attached hydrogen (secondary N) is 4. The Hall–Kier alpha value is -7.99. The molecule has 1 aromatic carbocycles. The molecule has 3 aliphatic rings. The Morgan fingerprint density at radius 3 is 1.56 bits per heavy atom. The first-order valence-electron chi connectivity index (χ1n) is 22.0. The molecule has 2 fully saturated rings. The van der Waals surface area contributed by atoms with Crippen LogP contribution in [0.5, 0.6) is 0 Å². The number of primary amides is 2. The lowest BCUT2D eigenvalue weighted by molar-refractivity contribution is -0.146. The number of carbonyl (C=O) groups is 8. The van der Waals surface area contributed by atoms with Crippen molar-refractivity contribution in [3.63, 3.8) is 0 Å². The largest absolute Gasteiger partial charge is 0.376 e. The molecule has 3 aromatic rings. The van der Waals surface area contributed by atoms with Gasteiger partial charge in [0.05, 0.1) is 65.7 Å². The van der Waals surface area contributed by atoms with E-state index >= 15 is 0 Å². The number of allylic oxidation sites excluding steroid dienone is 3. The highest BCUT2D eigenvalue weighted by Gasteiger charge is 2.38. The van der Waals surface area contributed by atoms with Gasteiger partial charge in [0.25, 0.3) is 0 Å². The minimum atomic E-state index is -0.817. The number of hydrogen-bond donors (Lipinski definition) is 6. The Bertz CT molecular complexity index is 2480. The summed E-state index contributed by atoms with van der Waals surface area (Å²) in [5, 5.41) is 11.2. The van der Waals surface area contributed by atoms with E-state index < -0.39 is 35.4 Å². The maximum atomic E-state index is 13.1. The fourth-order valence-corrected chi connectivity index (χ4v) is 7.59. The number of carbonyl (C=O) groups excluding carboxylic acids is 8. The molecule has 2 aromatic heterocycles. The van der Waals surface area contributed by atoms with Gasteiger partial charge in [-0.3, -0.25) is 48.3 Å². The van der Waals surface area contributed by atoms with Gasteiger partial charge >= 0.3 is 23.6 Å². The van der Waals surface area contributed by atoms with E-state index in [1.807, 2.05) is 50.3 Å². The average Bonchev–Trinajstić information content (AvgIpc) is 3.32. The summed E-state index contributed by atoms with van der Waals surface area (Å²) in [6.07, 6.45) is 17.1. The summed E-state index contributed by atoms with van der Waals surface area (Å²) in [6, 6.07) is 9.73. The molecule has 0 unspecified atom stereocenters. The molecular weight excluding hydrogens is 873 g/mol. The van der Waals surface area contributed by atoms with Crippen molar-refractivity contribution in [3.05, 3.63) is 113 Å². The quantitative estimate of drug-likeness (QED) is 0.113. The van der Waals surface area contributed by atoms with Crippen LogP contribution in [-0.2, 0) is 28.8 Å². The average molecular weight is 932 g/mol. The number of pyridine rings is 2. The molecule has 0 radical (unpaired) electrons. The van der Waals surface area contributed by atoms with Gasteiger partial charge in [-0.1, -0.05) is 26.0 Å². The first-order valence-corrected chi connectivity index (χ1v) is 22.0. The summed E-state index contributed by atoms with van der Waals surface area (Å²) in [4.78, 5) is 112. The lowest BCUT2D eigenvalue weighted by atomic mass is 9.88. The molecule has 2 saturated heterocycles. The van der Waals surface area contributed by atoms with Crippen LogP contribution in [0.25, 0.3) is 0 Å². The van der Waals surface area contributed by atoms with Gasteiger partial charge in [0.1, 0.15) is 23.9 Å². The van der Waals surface area contributed by atoms with Crippen LogP contribution in [0.4, 0.5) is 17.1 Å². The molecule has 8 amide bonds. The number of benzene rings is 1. The smallest absolute Gasteiger partial charge is 0.313 e. The van der Waals surface area contributed by atoms with Crippen molar-refractivity contribution in [2.75, 3.05) is 70.3 Å². The monoisotopic (exact) mass is 931 g/mol. The predicted octanol–water partition coefficient (Wildman–Crippen LogP) is 2.23. The minimum Gasteiger partial charge on any atom is -0.376 e. The van der Waals surface area contributed by atoms with Crippen LogP contribution in [0.1, 0.15) is 71.9 Å². The third-order valence-corrected chi connectivity index (χ3v) is 11.5. The van der Waals surface area contributed by atoms with E-state index in [1.54, 1.807) is 44.1 Å². The second-order valence-corrected chi connectivity index (χ2v) is 17.3. The lowest BCUT2D eigenvalue weighted by Gasteiger charge is -2.38. The zero-order valence-electron chi connectivity index (χ0n) is 39.1. The summed E-state index contributed by atoms with van der Waals surface area (Å²) < 4.78 is 0. The van der Waals surface area contributed by atoms with E-state index in [0.717, 1.165) is 41.8 Å². The molecule has 6 rings (SSSR count). The van der Waals surface area contributed by atoms with Crippen molar-refractivity contribution in [3.8, 4) is 0 Å². The van der Waals surface area contributed by atoms with Gasteiger partial charge in [0.15, 0.2) is 0 Å². The van der Waals surface area contributed by atoms with E-state index in [-0.39, 0.29) is 71.3 Å². The number of nitrogens with two attached hydrogens (primary N) is 2. The number of rotatable bonds is 12. The van der Waals surface area contributed by atoms with E-state index in [1.165, 1.54) is 46.7 Å². The van der Waals surface area contributed by atoms with Gasteiger partial charge in [-0.2, -0.15) is 0 Å². The van der Waals surface area contributed by atoms with Crippen LogP contribution in [0.3, 0.4) is 0 Å². The highest BCUT2D eigenvalue weighted by Crippen LogP contribution is 2.34. The zero-order chi connectivity index (χ0) is 49.7. The molecule has 0 saturated carbocycles. The maximum absolute atomic E-state index is 13.1. The number of piperidine rings is 2. The molecule has 358 valence electrons. The molecule has 4 heterocycles. The van der Waals surface area contributed by atoms with Gasteiger partial charge in [0, 0.05) is 65.4 Å². The predicted molar refractivity (Wildman–Crippen MR) is 254 cm³/mol. The normalized spacial score (nSPS) is 18.4. The first kappa shape index (κ1) is 51.0. The van der Waals surface area contributed by atoms with Crippen LogP contribution in [0, 0.1) is 17.9 Å². The first-order chi connectivity index (χ1) is 32.3. The Labute approximate surface area is 395 Å². The molecule has 0 bridgehead atoms. The summed E-state index contributed by atoms with van der Waals surface area (Å²) in [5.74, 6) is -3.90. The fraction of sp³-hybridized carbons (Fsp3) is 0.375. The minimum absolute atomic E-state index is 0.0373. The molecule has 8 N–H and O–H groups in total. The number of likely N-dealkylation sites (tertiary alicyclic amines) is 2. The summed E-state index contributed by atoms with van der Waals surface area (Å²) in [7, 11) is 6.78. The fourth-order valence-electron chi connectivity index (χ4n) is 7.59. The molecule has 4 atom stereocenters. The van der Waals surface area contributed by atoms with Gasteiger partial charge in [0.2, 0.25) is 23.6 Å². The second kappa shape index (κ2) is 23.5.